The van der Waals surface area contributed by atoms with Crippen LogP contribution >= 0.6 is 0 Å². The number of nitrogens with zero attached hydrogens (tertiary/aromatic N) is 1. The summed E-state index contributed by atoms with van der Waals surface area (Å²) in [4.78, 5) is 14.1. The van der Waals surface area contributed by atoms with Crippen molar-refractivity contribution in [3.05, 3.63) is 0 Å². The normalized spacial score (nSPS) is 13.6. The smallest absolute Gasteiger partial charge is 0.242 e. The molecule has 0 saturated carbocycles. The summed E-state index contributed by atoms with van der Waals surface area (Å²) < 4.78 is 5.08. The van der Waals surface area contributed by atoms with Gasteiger partial charge in [0.25, 0.3) is 0 Å². The van der Waals surface area contributed by atoms with Crippen LogP contribution in [-0.4, -0.2) is 42.6 Å². The molecule has 0 aliphatic heterocycles. The highest BCUT2D eigenvalue weighted by Gasteiger charge is 2.35. The highest BCUT2D eigenvalue weighted by molar-refractivity contribution is 5.86. The molecule has 0 aromatic heterocycles. The molecule has 1 amide bonds. The molecule has 0 bridgehead atoms. The topological polar surface area (TPSA) is 55.6 Å². The highest BCUT2D eigenvalue weighted by atomic mass is 16.5. The zero-order chi connectivity index (χ0) is 12.8. The molecule has 1 atom stereocenters. The lowest BCUT2D eigenvalue weighted by molar-refractivity contribution is -0.140. The third-order valence-electron chi connectivity index (χ3n) is 3.23. The Labute approximate surface area is 99.1 Å². The molecule has 0 aliphatic rings. The molecule has 0 fully saturated rings. The molecule has 4 heteroatoms. The Morgan fingerprint density at radius 1 is 1.38 bits per heavy atom. The van der Waals surface area contributed by atoms with Gasteiger partial charge in [0.15, 0.2) is 0 Å². The first-order valence-electron chi connectivity index (χ1n) is 6.05. The van der Waals surface area contributed by atoms with Crippen LogP contribution in [0.3, 0.4) is 0 Å². The van der Waals surface area contributed by atoms with Gasteiger partial charge in [0.1, 0.15) is 0 Å². The van der Waals surface area contributed by atoms with Crippen molar-refractivity contribution in [1.29, 1.82) is 0 Å². The van der Waals surface area contributed by atoms with Crippen molar-refractivity contribution in [2.45, 2.75) is 52.1 Å². The second-order valence-corrected chi connectivity index (χ2v) is 4.26. The molecule has 0 spiro atoms. The van der Waals surface area contributed by atoms with E-state index in [1.807, 2.05) is 27.7 Å². The van der Waals surface area contributed by atoms with E-state index in [2.05, 4.69) is 0 Å². The minimum absolute atomic E-state index is 0.0320. The van der Waals surface area contributed by atoms with Gasteiger partial charge in [0.2, 0.25) is 5.91 Å². The van der Waals surface area contributed by atoms with Crippen LogP contribution in [0.4, 0.5) is 0 Å². The number of amides is 1. The van der Waals surface area contributed by atoms with E-state index in [0.29, 0.717) is 26.0 Å². The molecule has 0 aliphatic carbocycles. The summed E-state index contributed by atoms with van der Waals surface area (Å²) in [6, 6.07) is 0.0727. The van der Waals surface area contributed by atoms with Gasteiger partial charge in [-0.05, 0) is 26.7 Å². The van der Waals surface area contributed by atoms with Gasteiger partial charge >= 0.3 is 0 Å². The lowest BCUT2D eigenvalue weighted by Crippen LogP contribution is -2.57. The number of hydrogen-bond acceptors (Lipinski definition) is 3. The van der Waals surface area contributed by atoms with Gasteiger partial charge in [0.05, 0.1) is 18.2 Å². The zero-order valence-corrected chi connectivity index (χ0v) is 11.2. The molecule has 1 unspecified atom stereocenters. The van der Waals surface area contributed by atoms with E-state index < -0.39 is 5.54 Å². The van der Waals surface area contributed by atoms with E-state index in [1.165, 1.54) is 0 Å². The molecule has 16 heavy (non-hydrogen) atoms. The second kappa shape index (κ2) is 6.86. The van der Waals surface area contributed by atoms with Gasteiger partial charge in [-0.15, -0.1) is 0 Å². The number of nitrogens with two attached hydrogens (primary N) is 1. The van der Waals surface area contributed by atoms with E-state index in [9.17, 15) is 4.79 Å². The van der Waals surface area contributed by atoms with E-state index in [-0.39, 0.29) is 11.9 Å². The van der Waals surface area contributed by atoms with Crippen molar-refractivity contribution in [1.82, 2.24) is 4.90 Å². The number of likely N-dealkylation sites (N-methyl/N-ethyl adjacent to an activating group) is 1. The molecule has 4 nitrogen and oxygen atoms in total. The number of ether oxygens (including phenoxy) is 1. The molecular weight excluding hydrogens is 204 g/mol. The molecule has 0 radical (unpaired) electrons. The first-order chi connectivity index (χ1) is 7.46. The average molecular weight is 230 g/mol. The molecule has 0 aromatic rings. The zero-order valence-electron chi connectivity index (χ0n) is 11.2. The second-order valence-electron chi connectivity index (χ2n) is 4.26. The van der Waals surface area contributed by atoms with E-state index in [0.717, 1.165) is 0 Å². The Morgan fingerprint density at radius 3 is 2.19 bits per heavy atom. The van der Waals surface area contributed by atoms with E-state index in [1.54, 1.807) is 12.0 Å². The van der Waals surface area contributed by atoms with Crippen LogP contribution in [0.1, 0.15) is 40.5 Å². The standard InChI is InChI=1S/C12H26N2O2/c1-6-12(13,7-2)11(15)14(8-3)10(4)9-16-5/h10H,6-9,13H2,1-5H3. The number of rotatable bonds is 7. The fourth-order valence-corrected chi connectivity index (χ4v) is 1.83. The Morgan fingerprint density at radius 2 is 1.88 bits per heavy atom. The fourth-order valence-electron chi connectivity index (χ4n) is 1.83. The summed E-state index contributed by atoms with van der Waals surface area (Å²) in [6.07, 6.45) is 1.33. The molecular formula is C12H26N2O2. The van der Waals surface area contributed by atoms with E-state index >= 15 is 0 Å². The van der Waals surface area contributed by atoms with Crippen LogP contribution in [0.5, 0.6) is 0 Å². The minimum Gasteiger partial charge on any atom is -0.383 e. The van der Waals surface area contributed by atoms with Gasteiger partial charge in [-0.2, -0.15) is 0 Å². The Hall–Kier alpha value is -0.610. The van der Waals surface area contributed by atoms with Crippen molar-refractivity contribution in [3.8, 4) is 0 Å². The molecule has 0 rings (SSSR count). The van der Waals surface area contributed by atoms with Crippen molar-refractivity contribution in [2.24, 2.45) is 5.73 Å². The van der Waals surface area contributed by atoms with Gasteiger partial charge < -0.3 is 15.4 Å². The summed E-state index contributed by atoms with van der Waals surface area (Å²) in [5.41, 5.74) is 5.39. The summed E-state index contributed by atoms with van der Waals surface area (Å²) >= 11 is 0. The first-order valence-corrected chi connectivity index (χ1v) is 6.05. The third-order valence-corrected chi connectivity index (χ3v) is 3.23. The fraction of sp³-hybridized carbons (Fsp3) is 0.917. The predicted molar refractivity (Wildman–Crippen MR) is 66.2 cm³/mol. The SMILES string of the molecule is CCN(C(=O)C(N)(CC)CC)C(C)COC. The lowest BCUT2D eigenvalue weighted by Gasteiger charge is -2.36. The maximum atomic E-state index is 12.3. The van der Waals surface area contributed by atoms with Crippen molar-refractivity contribution in [3.63, 3.8) is 0 Å². The Kier molecular flexibility index (Phi) is 6.60. The Balaban J connectivity index is 4.76. The van der Waals surface area contributed by atoms with Gasteiger partial charge in [-0.1, -0.05) is 13.8 Å². The maximum Gasteiger partial charge on any atom is 0.242 e. The van der Waals surface area contributed by atoms with Gasteiger partial charge in [0, 0.05) is 13.7 Å². The van der Waals surface area contributed by atoms with Gasteiger partial charge in [-0.25, -0.2) is 0 Å². The molecule has 0 heterocycles. The minimum atomic E-state index is -0.724. The number of methoxy groups -OCH3 is 1. The van der Waals surface area contributed by atoms with E-state index in [4.69, 9.17) is 10.5 Å². The monoisotopic (exact) mass is 230 g/mol. The van der Waals surface area contributed by atoms with Crippen molar-refractivity contribution >= 4 is 5.91 Å². The molecule has 0 aromatic carbocycles. The van der Waals surface area contributed by atoms with Crippen molar-refractivity contribution in [2.75, 3.05) is 20.3 Å². The predicted octanol–water partition coefficient (Wildman–Crippen LogP) is 1.39. The molecule has 2 N–H and O–H groups in total. The average Bonchev–Trinajstić information content (AvgIpc) is 2.29. The van der Waals surface area contributed by atoms with Crippen molar-refractivity contribution < 1.29 is 9.53 Å². The first kappa shape index (κ1) is 15.4. The van der Waals surface area contributed by atoms with Crippen LogP contribution in [0.15, 0.2) is 0 Å². The number of hydrogen-bond donors (Lipinski definition) is 1. The van der Waals surface area contributed by atoms with Crippen LogP contribution < -0.4 is 5.73 Å². The maximum absolute atomic E-state index is 12.3. The van der Waals surface area contributed by atoms with Crippen LogP contribution in [0, 0.1) is 0 Å². The quantitative estimate of drug-likeness (QED) is 0.719. The number of carbonyl (C=O) groups excluding carboxylic acids is 1. The molecule has 96 valence electrons. The molecule has 0 saturated heterocycles. The summed E-state index contributed by atoms with van der Waals surface area (Å²) in [5, 5.41) is 0. The van der Waals surface area contributed by atoms with Crippen LogP contribution in [0.2, 0.25) is 0 Å². The highest BCUT2D eigenvalue weighted by Crippen LogP contribution is 2.17. The Bertz CT molecular complexity index is 215. The van der Waals surface area contributed by atoms with Crippen LogP contribution in [0.25, 0.3) is 0 Å². The third kappa shape index (κ3) is 3.46. The van der Waals surface area contributed by atoms with Gasteiger partial charge in [-0.3, -0.25) is 4.79 Å². The largest absolute Gasteiger partial charge is 0.383 e. The summed E-state index contributed by atoms with van der Waals surface area (Å²) in [7, 11) is 1.64. The van der Waals surface area contributed by atoms with Crippen LogP contribution in [-0.2, 0) is 9.53 Å². The summed E-state index contributed by atoms with van der Waals surface area (Å²) in [5.74, 6) is 0.0320. The number of carbonyl (C=O) groups is 1. The lowest BCUT2D eigenvalue weighted by atomic mass is 9.92. The summed E-state index contributed by atoms with van der Waals surface area (Å²) in [6.45, 7) is 9.07.